The number of nitrogens with one attached hydrogen (secondary N) is 1. The molecule has 0 saturated carbocycles. The van der Waals surface area contributed by atoms with E-state index in [9.17, 15) is 4.79 Å². The number of likely N-dealkylation sites (tertiary alicyclic amines) is 1. The molecule has 1 heterocycles. The first kappa shape index (κ1) is 15.1. The molecule has 0 spiro atoms. The Morgan fingerprint density at radius 3 is 3.00 bits per heavy atom. The maximum Gasteiger partial charge on any atom is 0.238 e. The van der Waals surface area contributed by atoms with E-state index < -0.39 is 0 Å². The molecule has 5 heteroatoms. The van der Waals surface area contributed by atoms with E-state index in [0.717, 1.165) is 13.0 Å². The minimum atomic E-state index is -0.0228. The van der Waals surface area contributed by atoms with Gasteiger partial charge >= 0.3 is 0 Å². The van der Waals surface area contributed by atoms with E-state index in [0.29, 0.717) is 29.0 Å². The SMILES string of the molecule is CC1CCCCCN1CC(=O)Nc1ccc(N)cc1Cl. The number of benzene rings is 1. The fraction of sp³-hybridized carbons (Fsp3) is 0.533. The first-order valence-corrected chi connectivity index (χ1v) is 7.53. The van der Waals surface area contributed by atoms with Crippen LogP contribution >= 0.6 is 11.6 Å². The minimum Gasteiger partial charge on any atom is -0.399 e. The zero-order valence-electron chi connectivity index (χ0n) is 11.9. The van der Waals surface area contributed by atoms with Crippen molar-refractivity contribution in [2.45, 2.75) is 38.6 Å². The van der Waals surface area contributed by atoms with Gasteiger partial charge in [-0.2, -0.15) is 0 Å². The van der Waals surface area contributed by atoms with Crippen LogP contribution in [0.15, 0.2) is 18.2 Å². The monoisotopic (exact) mass is 295 g/mol. The highest BCUT2D eigenvalue weighted by molar-refractivity contribution is 6.34. The van der Waals surface area contributed by atoms with Gasteiger partial charge in [-0.15, -0.1) is 0 Å². The molecule has 0 radical (unpaired) electrons. The fourth-order valence-electron chi connectivity index (χ4n) is 2.58. The van der Waals surface area contributed by atoms with Gasteiger partial charge in [0, 0.05) is 11.7 Å². The lowest BCUT2D eigenvalue weighted by atomic mass is 10.1. The van der Waals surface area contributed by atoms with E-state index >= 15 is 0 Å². The van der Waals surface area contributed by atoms with Gasteiger partial charge in [0.1, 0.15) is 0 Å². The number of nitrogen functional groups attached to an aromatic ring is 1. The Bertz CT molecular complexity index is 478. The number of anilines is 2. The predicted octanol–water partition coefficient (Wildman–Crippen LogP) is 3.13. The van der Waals surface area contributed by atoms with Crippen molar-refractivity contribution in [3.05, 3.63) is 23.2 Å². The lowest BCUT2D eigenvalue weighted by Crippen LogP contribution is -2.39. The van der Waals surface area contributed by atoms with E-state index in [4.69, 9.17) is 17.3 Å². The second-order valence-corrected chi connectivity index (χ2v) is 5.86. The maximum absolute atomic E-state index is 12.1. The summed E-state index contributed by atoms with van der Waals surface area (Å²) in [6, 6.07) is 5.58. The number of hydrogen-bond acceptors (Lipinski definition) is 3. The number of halogens is 1. The summed E-state index contributed by atoms with van der Waals surface area (Å²) in [6.07, 6.45) is 4.84. The fourth-order valence-corrected chi connectivity index (χ4v) is 2.81. The number of amides is 1. The van der Waals surface area contributed by atoms with Crippen LogP contribution in [0.2, 0.25) is 5.02 Å². The Morgan fingerprint density at radius 2 is 2.25 bits per heavy atom. The molecule has 20 heavy (non-hydrogen) atoms. The molecule has 1 aromatic rings. The topological polar surface area (TPSA) is 58.4 Å². The van der Waals surface area contributed by atoms with Crippen LogP contribution in [-0.2, 0) is 4.79 Å². The molecule has 4 nitrogen and oxygen atoms in total. The highest BCUT2D eigenvalue weighted by atomic mass is 35.5. The summed E-state index contributed by atoms with van der Waals surface area (Å²) < 4.78 is 0. The van der Waals surface area contributed by atoms with Crippen LogP contribution < -0.4 is 11.1 Å². The van der Waals surface area contributed by atoms with E-state index in [2.05, 4.69) is 17.1 Å². The maximum atomic E-state index is 12.1. The van der Waals surface area contributed by atoms with Crippen LogP contribution in [0.3, 0.4) is 0 Å². The Hall–Kier alpha value is -1.26. The van der Waals surface area contributed by atoms with Crippen molar-refractivity contribution in [3.63, 3.8) is 0 Å². The van der Waals surface area contributed by atoms with E-state index in [1.54, 1.807) is 18.2 Å². The minimum absolute atomic E-state index is 0.0228. The van der Waals surface area contributed by atoms with Crippen LogP contribution in [0.5, 0.6) is 0 Å². The van der Waals surface area contributed by atoms with Gasteiger partial charge < -0.3 is 11.1 Å². The van der Waals surface area contributed by atoms with Crippen molar-refractivity contribution in [2.75, 3.05) is 24.1 Å². The van der Waals surface area contributed by atoms with Gasteiger partial charge in [0.15, 0.2) is 0 Å². The number of carbonyl (C=O) groups is 1. The van der Waals surface area contributed by atoms with E-state index in [1.807, 2.05) is 0 Å². The predicted molar refractivity (Wildman–Crippen MR) is 84.0 cm³/mol. The highest BCUT2D eigenvalue weighted by Crippen LogP contribution is 2.24. The standard InChI is InChI=1S/C15H22ClN3O/c1-11-5-3-2-4-8-19(11)10-15(20)18-14-7-6-12(17)9-13(14)16/h6-7,9,11H,2-5,8,10,17H2,1H3,(H,18,20). The summed E-state index contributed by atoms with van der Waals surface area (Å²) in [5.41, 5.74) is 6.85. The molecule has 1 aromatic carbocycles. The molecule has 1 aliphatic rings. The lowest BCUT2D eigenvalue weighted by molar-refractivity contribution is -0.117. The molecule has 1 saturated heterocycles. The third-order valence-corrected chi connectivity index (χ3v) is 4.12. The molecular formula is C15H22ClN3O. The lowest BCUT2D eigenvalue weighted by Gasteiger charge is -2.26. The summed E-state index contributed by atoms with van der Waals surface area (Å²) in [6.45, 7) is 3.60. The first-order valence-electron chi connectivity index (χ1n) is 7.15. The largest absolute Gasteiger partial charge is 0.399 e. The number of rotatable bonds is 3. The third-order valence-electron chi connectivity index (χ3n) is 3.80. The zero-order chi connectivity index (χ0) is 14.5. The number of nitrogens with two attached hydrogens (primary N) is 1. The molecule has 2 rings (SSSR count). The van der Waals surface area contributed by atoms with Gasteiger partial charge in [-0.1, -0.05) is 24.4 Å². The third kappa shape index (κ3) is 4.12. The Morgan fingerprint density at radius 1 is 1.45 bits per heavy atom. The van der Waals surface area contributed by atoms with Gasteiger partial charge in [-0.3, -0.25) is 9.69 Å². The quantitative estimate of drug-likeness (QED) is 0.842. The Kier molecular flexibility index (Phi) is 5.26. The molecule has 0 aromatic heterocycles. The van der Waals surface area contributed by atoms with Crippen molar-refractivity contribution >= 4 is 28.9 Å². The van der Waals surface area contributed by atoms with Crippen molar-refractivity contribution < 1.29 is 4.79 Å². The number of nitrogens with zero attached hydrogens (tertiary/aromatic N) is 1. The van der Waals surface area contributed by atoms with Gasteiger partial charge in [0.05, 0.1) is 17.3 Å². The average molecular weight is 296 g/mol. The summed E-state index contributed by atoms with van der Waals surface area (Å²) in [4.78, 5) is 14.4. The molecule has 1 fully saturated rings. The van der Waals surface area contributed by atoms with Gasteiger partial charge in [-0.25, -0.2) is 0 Å². The van der Waals surface area contributed by atoms with Crippen LogP contribution in [0.1, 0.15) is 32.6 Å². The average Bonchev–Trinajstić information content (AvgIpc) is 2.59. The van der Waals surface area contributed by atoms with Crippen molar-refractivity contribution in [1.82, 2.24) is 4.90 Å². The summed E-state index contributed by atoms with van der Waals surface area (Å²) in [5.74, 6) is -0.0228. The first-order chi connectivity index (χ1) is 9.56. The molecule has 1 unspecified atom stereocenters. The van der Waals surface area contributed by atoms with Crippen LogP contribution in [0.4, 0.5) is 11.4 Å². The normalized spacial score (nSPS) is 20.4. The summed E-state index contributed by atoms with van der Waals surface area (Å²) >= 11 is 6.06. The van der Waals surface area contributed by atoms with Crippen molar-refractivity contribution in [1.29, 1.82) is 0 Å². The Labute approximate surface area is 125 Å². The molecule has 1 atom stereocenters. The number of hydrogen-bond donors (Lipinski definition) is 2. The van der Waals surface area contributed by atoms with Gasteiger partial charge in [0.25, 0.3) is 0 Å². The molecule has 0 aliphatic carbocycles. The number of carbonyl (C=O) groups excluding carboxylic acids is 1. The molecule has 110 valence electrons. The van der Waals surface area contributed by atoms with Crippen molar-refractivity contribution in [3.8, 4) is 0 Å². The molecule has 3 N–H and O–H groups in total. The molecule has 1 aliphatic heterocycles. The smallest absolute Gasteiger partial charge is 0.238 e. The highest BCUT2D eigenvalue weighted by Gasteiger charge is 2.19. The van der Waals surface area contributed by atoms with Gasteiger partial charge in [0.2, 0.25) is 5.91 Å². The Balaban J connectivity index is 1.94. The van der Waals surface area contributed by atoms with Crippen LogP contribution in [0.25, 0.3) is 0 Å². The van der Waals surface area contributed by atoms with Crippen LogP contribution in [0, 0.1) is 0 Å². The summed E-state index contributed by atoms with van der Waals surface area (Å²) in [7, 11) is 0. The molecular weight excluding hydrogens is 274 g/mol. The zero-order valence-corrected chi connectivity index (χ0v) is 12.6. The molecule has 1 amide bonds. The second-order valence-electron chi connectivity index (χ2n) is 5.46. The van der Waals surface area contributed by atoms with Gasteiger partial charge in [-0.05, 0) is 44.5 Å². The van der Waals surface area contributed by atoms with E-state index in [-0.39, 0.29) is 5.91 Å². The van der Waals surface area contributed by atoms with Crippen molar-refractivity contribution in [2.24, 2.45) is 0 Å². The summed E-state index contributed by atoms with van der Waals surface area (Å²) in [5, 5.41) is 3.33. The van der Waals surface area contributed by atoms with Crippen LogP contribution in [-0.4, -0.2) is 29.9 Å². The second kappa shape index (κ2) is 6.95. The van der Waals surface area contributed by atoms with E-state index in [1.165, 1.54) is 19.3 Å². The molecule has 0 bridgehead atoms.